The van der Waals surface area contributed by atoms with Gasteiger partial charge in [-0.1, -0.05) is 12.5 Å². The molecule has 166 valence electrons. The summed E-state index contributed by atoms with van der Waals surface area (Å²) in [5.41, 5.74) is 5.98. The normalized spacial score (nSPS) is 22.4. The summed E-state index contributed by atoms with van der Waals surface area (Å²) in [7, 11) is -3.38. The van der Waals surface area contributed by atoms with Crippen molar-refractivity contribution in [2.75, 3.05) is 43.4 Å². The lowest BCUT2D eigenvalue weighted by atomic mass is 10.00. The number of carbonyl (C=O) groups is 1. The highest BCUT2D eigenvalue weighted by Crippen LogP contribution is 2.26. The fourth-order valence-electron chi connectivity index (χ4n) is 3.81. The summed E-state index contributed by atoms with van der Waals surface area (Å²) in [5.74, 6) is 0.916. The SMILES string of the molecule is Cl.Cl.N[C@@H]1CCC[C@H]1CC(=O)NCCS(=O)(=O)N1CCN(c2ccccn2)CC1. The Labute approximate surface area is 185 Å². The molecule has 2 heterocycles. The first-order valence-corrected chi connectivity index (χ1v) is 11.2. The summed E-state index contributed by atoms with van der Waals surface area (Å²) in [6, 6.07) is 5.80. The number of aromatic nitrogens is 1. The molecular weight excluding hydrogens is 437 g/mol. The Morgan fingerprint density at radius 3 is 2.48 bits per heavy atom. The molecule has 1 saturated heterocycles. The molecule has 0 spiro atoms. The smallest absolute Gasteiger partial charge is 0.220 e. The highest BCUT2D eigenvalue weighted by molar-refractivity contribution is 7.89. The van der Waals surface area contributed by atoms with E-state index in [0.717, 1.165) is 25.1 Å². The molecule has 0 radical (unpaired) electrons. The van der Waals surface area contributed by atoms with Crippen molar-refractivity contribution < 1.29 is 13.2 Å². The van der Waals surface area contributed by atoms with Crippen molar-refractivity contribution in [3.63, 3.8) is 0 Å². The quantitative estimate of drug-likeness (QED) is 0.619. The van der Waals surface area contributed by atoms with E-state index in [4.69, 9.17) is 5.73 Å². The molecule has 1 amide bonds. The van der Waals surface area contributed by atoms with Crippen LogP contribution in [0.25, 0.3) is 0 Å². The lowest BCUT2D eigenvalue weighted by Crippen LogP contribution is -2.50. The molecule has 29 heavy (non-hydrogen) atoms. The summed E-state index contributed by atoms with van der Waals surface area (Å²) in [6.45, 7) is 2.24. The number of piperazine rings is 1. The van der Waals surface area contributed by atoms with Crippen LogP contribution in [0.4, 0.5) is 5.82 Å². The number of amides is 1. The van der Waals surface area contributed by atoms with Gasteiger partial charge in [0.25, 0.3) is 0 Å². The van der Waals surface area contributed by atoms with E-state index in [1.165, 1.54) is 4.31 Å². The van der Waals surface area contributed by atoms with Crippen LogP contribution in [0, 0.1) is 5.92 Å². The Morgan fingerprint density at radius 1 is 1.17 bits per heavy atom. The molecule has 0 unspecified atom stereocenters. The Hall–Kier alpha value is -1.13. The number of hydrogen-bond acceptors (Lipinski definition) is 6. The first-order valence-electron chi connectivity index (χ1n) is 9.62. The number of anilines is 1. The highest BCUT2D eigenvalue weighted by Gasteiger charge is 2.28. The van der Waals surface area contributed by atoms with Crippen LogP contribution in [0.1, 0.15) is 25.7 Å². The zero-order valence-electron chi connectivity index (χ0n) is 16.4. The molecule has 1 aromatic rings. The van der Waals surface area contributed by atoms with Crippen LogP contribution in [0.3, 0.4) is 0 Å². The van der Waals surface area contributed by atoms with Crippen LogP contribution in [-0.2, 0) is 14.8 Å². The van der Waals surface area contributed by atoms with Gasteiger partial charge < -0.3 is 16.0 Å². The molecular formula is C18H31Cl2N5O3S. The van der Waals surface area contributed by atoms with Gasteiger partial charge in [-0.25, -0.2) is 13.4 Å². The van der Waals surface area contributed by atoms with Crippen LogP contribution in [0.5, 0.6) is 0 Å². The molecule has 8 nitrogen and oxygen atoms in total. The van der Waals surface area contributed by atoms with Crippen molar-refractivity contribution in [3.8, 4) is 0 Å². The van der Waals surface area contributed by atoms with E-state index >= 15 is 0 Å². The van der Waals surface area contributed by atoms with Gasteiger partial charge in [0, 0.05) is 51.4 Å². The van der Waals surface area contributed by atoms with Crippen LogP contribution < -0.4 is 16.0 Å². The molecule has 11 heteroatoms. The van der Waals surface area contributed by atoms with E-state index in [2.05, 4.69) is 15.2 Å². The largest absolute Gasteiger partial charge is 0.355 e. The summed E-state index contributed by atoms with van der Waals surface area (Å²) in [6.07, 6.45) is 5.14. The zero-order chi connectivity index (χ0) is 19.3. The molecule has 3 rings (SSSR count). The van der Waals surface area contributed by atoms with Crippen LogP contribution in [0.2, 0.25) is 0 Å². The Morgan fingerprint density at radius 2 is 1.90 bits per heavy atom. The summed E-state index contributed by atoms with van der Waals surface area (Å²) < 4.78 is 26.6. The minimum atomic E-state index is -3.38. The monoisotopic (exact) mass is 467 g/mol. The standard InChI is InChI=1S/C18H29N5O3S.2ClH/c19-16-5-3-4-15(16)14-18(24)21-8-13-27(25,26)23-11-9-22(10-12-23)17-6-1-2-7-20-17;;/h1-2,6-7,15-16H,3-5,8-14,19H2,(H,21,24);2*1H/t15-,16+;;/m0../s1. The van der Waals surface area contributed by atoms with Crippen molar-refractivity contribution in [1.82, 2.24) is 14.6 Å². The maximum absolute atomic E-state index is 12.5. The number of pyridine rings is 1. The highest BCUT2D eigenvalue weighted by atomic mass is 35.5. The van der Waals surface area contributed by atoms with Gasteiger partial charge in [0.15, 0.2) is 0 Å². The number of halogens is 2. The number of rotatable bonds is 7. The third-order valence-corrected chi connectivity index (χ3v) is 7.32. The van der Waals surface area contributed by atoms with Gasteiger partial charge in [0.2, 0.25) is 15.9 Å². The number of hydrogen-bond donors (Lipinski definition) is 2. The van der Waals surface area contributed by atoms with Crippen molar-refractivity contribution >= 4 is 46.6 Å². The maximum Gasteiger partial charge on any atom is 0.220 e. The third kappa shape index (κ3) is 7.25. The van der Waals surface area contributed by atoms with Crippen molar-refractivity contribution in [2.45, 2.75) is 31.7 Å². The lowest BCUT2D eigenvalue weighted by molar-refractivity contribution is -0.121. The van der Waals surface area contributed by atoms with Crippen LogP contribution in [0.15, 0.2) is 24.4 Å². The molecule has 1 saturated carbocycles. The number of nitrogens with two attached hydrogens (primary N) is 1. The van der Waals surface area contributed by atoms with Gasteiger partial charge in [-0.2, -0.15) is 4.31 Å². The van der Waals surface area contributed by atoms with Gasteiger partial charge in [0.1, 0.15) is 5.82 Å². The maximum atomic E-state index is 12.5. The molecule has 1 aliphatic heterocycles. The molecule has 2 fully saturated rings. The van der Waals surface area contributed by atoms with E-state index in [1.807, 2.05) is 18.2 Å². The molecule has 3 N–H and O–H groups in total. The average Bonchev–Trinajstić information content (AvgIpc) is 3.07. The molecule has 1 aromatic heterocycles. The minimum Gasteiger partial charge on any atom is -0.355 e. The minimum absolute atomic E-state index is 0. The Balaban J connectivity index is 0.00000210. The molecule has 0 bridgehead atoms. The third-order valence-electron chi connectivity index (χ3n) is 5.45. The molecule has 1 aliphatic carbocycles. The van der Waals surface area contributed by atoms with Gasteiger partial charge >= 0.3 is 0 Å². The number of nitrogens with zero attached hydrogens (tertiary/aromatic N) is 3. The fourth-order valence-corrected chi connectivity index (χ4v) is 5.15. The zero-order valence-corrected chi connectivity index (χ0v) is 18.9. The first-order chi connectivity index (χ1) is 13.0. The number of carbonyl (C=O) groups excluding carboxylic acids is 1. The van der Waals surface area contributed by atoms with E-state index in [9.17, 15) is 13.2 Å². The van der Waals surface area contributed by atoms with Crippen LogP contribution in [-0.4, -0.2) is 68.1 Å². The predicted octanol–water partition coefficient (Wildman–Crippen LogP) is 1.01. The number of nitrogens with one attached hydrogen (secondary N) is 1. The lowest BCUT2D eigenvalue weighted by Gasteiger charge is -2.34. The van der Waals surface area contributed by atoms with Crippen molar-refractivity contribution in [2.24, 2.45) is 11.7 Å². The molecule has 2 atom stereocenters. The van der Waals surface area contributed by atoms with Gasteiger partial charge in [-0.05, 0) is 30.9 Å². The Bertz CT molecular complexity index is 730. The fraction of sp³-hybridized carbons (Fsp3) is 0.667. The summed E-state index contributed by atoms with van der Waals surface area (Å²) in [5, 5.41) is 2.74. The van der Waals surface area contributed by atoms with Gasteiger partial charge in [-0.15, -0.1) is 24.8 Å². The van der Waals surface area contributed by atoms with E-state index in [0.29, 0.717) is 32.6 Å². The van der Waals surface area contributed by atoms with Gasteiger partial charge in [0.05, 0.1) is 5.75 Å². The van der Waals surface area contributed by atoms with E-state index in [1.54, 1.807) is 6.20 Å². The Kier molecular flexibility index (Phi) is 10.6. The van der Waals surface area contributed by atoms with E-state index < -0.39 is 10.0 Å². The first kappa shape index (κ1) is 25.9. The molecule has 2 aliphatic rings. The number of sulfonamides is 1. The summed E-state index contributed by atoms with van der Waals surface area (Å²) >= 11 is 0. The van der Waals surface area contributed by atoms with E-state index in [-0.39, 0.29) is 55.0 Å². The predicted molar refractivity (Wildman–Crippen MR) is 119 cm³/mol. The summed E-state index contributed by atoms with van der Waals surface area (Å²) in [4.78, 5) is 18.4. The topological polar surface area (TPSA) is 109 Å². The van der Waals surface area contributed by atoms with Crippen molar-refractivity contribution in [3.05, 3.63) is 24.4 Å². The molecule has 0 aromatic carbocycles. The van der Waals surface area contributed by atoms with Gasteiger partial charge in [-0.3, -0.25) is 4.79 Å². The second-order valence-corrected chi connectivity index (χ2v) is 9.39. The van der Waals surface area contributed by atoms with Crippen LogP contribution >= 0.6 is 24.8 Å². The van der Waals surface area contributed by atoms with Crippen molar-refractivity contribution in [1.29, 1.82) is 0 Å². The second-order valence-electron chi connectivity index (χ2n) is 7.30. The average molecular weight is 468 g/mol. The second kappa shape index (κ2) is 11.9.